The second kappa shape index (κ2) is 7.39. The van der Waals surface area contributed by atoms with Gasteiger partial charge in [-0.3, -0.25) is 9.78 Å². The molecule has 0 aliphatic carbocycles. The number of halogens is 1. The van der Waals surface area contributed by atoms with Crippen molar-refractivity contribution in [2.45, 2.75) is 6.54 Å². The number of ether oxygens (including phenoxy) is 1. The zero-order chi connectivity index (χ0) is 17.6. The van der Waals surface area contributed by atoms with Crippen LogP contribution in [0, 0.1) is 5.82 Å². The van der Waals surface area contributed by atoms with Gasteiger partial charge in [-0.1, -0.05) is 6.07 Å². The molecule has 3 rings (SSSR count). The fraction of sp³-hybridized carbons (Fsp3) is 0.0556. The lowest BCUT2D eigenvalue weighted by atomic mass is 10.2. The molecule has 7 heteroatoms. The minimum Gasteiger partial charge on any atom is -0.439 e. The summed E-state index contributed by atoms with van der Waals surface area (Å²) in [6.45, 7) is 0.506. The summed E-state index contributed by atoms with van der Waals surface area (Å²) >= 11 is 0. The highest BCUT2D eigenvalue weighted by molar-refractivity contribution is 5.91. The van der Waals surface area contributed by atoms with Crippen molar-refractivity contribution in [3.8, 4) is 11.6 Å². The van der Waals surface area contributed by atoms with Gasteiger partial charge in [-0.15, -0.1) is 0 Å². The molecule has 3 aromatic rings. The third kappa shape index (κ3) is 4.51. The number of rotatable bonds is 6. The van der Waals surface area contributed by atoms with Crippen molar-refractivity contribution in [1.82, 2.24) is 9.97 Å². The number of amides is 1. The molecule has 25 heavy (non-hydrogen) atoms. The first-order valence-electron chi connectivity index (χ1n) is 7.48. The minimum absolute atomic E-state index is 0.200. The Bertz CT molecular complexity index is 867. The van der Waals surface area contributed by atoms with E-state index < -0.39 is 5.91 Å². The molecule has 0 aliphatic heterocycles. The van der Waals surface area contributed by atoms with Crippen LogP contribution in [0.2, 0.25) is 0 Å². The smallest absolute Gasteiger partial charge is 0.267 e. The molecule has 0 atom stereocenters. The first kappa shape index (κ1) is 16.4. The molecule has 0 saturated carbocycles. The molecule has 0 bridgehead atoms. The summed E-state index contributed by atoms with van der Waals surface area (Å²) < 4.78 is 18.4. The summed E-state index contributed by atoms with van der Waals surface area (Å²) in [5.41, 5.74) is 7.06. The van der Waals surface area contributed by atoms with Gasteiger partial charge in [0.15, 0.2) is 0 Å². The lowest BCUT2D eigenvalue weighted by molar-refractivity contribution is 0.0995. The van der Waals surface area contributed by atoms with Crippen LogP contribution in [0.3, 0.4) is 0 Å². The van der Waals surface area contributed by atoms with E-state index in [0.29, 0.717) is 18.2 Å². The predicted octanol–water partition coefficient (Wildman–Crippen LogP) is 3.12. The van der Waals surface area contributed by atoms with E-state index in [1.165, 1.54) is 30.5 Å². The van der Waals surface area contributed by atoms with Crippen LogP contribution in [0.25, 0.3) is 0 Å². The van der Waals surface area contributed by atoms with Gasteiger partial charge in [-0.05, 0) is 42.0 Å². The molecule has 2 aromatic heterocycles. The lowest BCUT2D eigenvalue weighted by Crippen LogP contribution is -2.13. The number of carbonyl (C=O) groups is 1. The van der Waals surface area contributed by atoms with Crippen LogP contribution in [0.4, 0.5) is 10.1 Å². The molecular formula is C18H15FN4O2. The maximum Gasteiger partial charge on any atom is 0.267 e. The molecule has 0 fully saturated rings. The number of primary amides is 1. The molecule has 6 nitrogen and oxygen atoms in total. The Labute approximate surface area is 143 Å². The number of hydrogen-bond donors (Lipinski definition) is 2. The van der Waals surface area contributed by atoms with Gasteiger partial charge >= 0.3 is 0 Å². The number of carbonyl (C=O) groups excluding carboxylic acids is 1. The SMILES string of the molecule is NC(=O)c1cc(NCc2ccc(Oc3ccc(F)cc3)nc2)ccn1. The van der Waals surface area contributed by atoms with Crippen LogP contribution in [0.1, 0.15) is 16.1 Å². The second-order valence-corrected chi connectivity index (χ2v) is 5.21. The van der Waals surface area contributed by atoms with Crippen LogP contribution >= 0.6 is 0 Å². The molecule has 0 spiro atoms. The monoisotopic (exact) mass is 338 g/mol. The first-order chi connectivity index (χ1) is 12.1. The van der Waals surface area contributed by atoms with E-state index >= 15 is 0 Å². The first-order valence-corrected chi connectivity index (χ1v) is 7.48. The molecule has 1 amide bonds. The van der Waals surface area contributed by atoms with Crippen molar-refractivity contribution >= 4 is 11.6 Å². The Balaban J connectivity index is 1.60. The number of benzene rings is 1. The average Bonchev–Trinajstić information content (AvgIpc) is 2.63. The van der Waals surface area contributed by atoms with Gasteiger partial charge in [0.05, 0.1) is 0 Å². The molecule has 0 radical (unpaired) electrons. The minimum atomic E-state index is -0.576. The molecule has 0 saturated heterocycles. The lowest BCUT2D eigenvalue weighted by Gasteiger charge is -2.08. The number of anilines is 1. The van der Waals surface area contributed by atoms with Gasteiger partial charge in [0.1, 0.15) is 17.3 Å². The molecule has 0 unspecified atom stereocenters. The molecule has 1 aromatic carbocycles. The fourth-order valence-electron chi connectivity index (χ4n) is 2.08. The average molecular weight is 338 g/mol. The zero-order valence-corrected chi connectivity index (χ0v) is 13.1. The van der Waals surface area contributed by atoms with Crippen molar-refractivity contribution in [2.24, 2.45) is 5.73 Å². The number of nitrogens with one attached hydrogen (secondary N) is 1. The molecule has 2 heterocycles. The van der Waals surface area contributed by atoms with Crippen molar-refractivity contribution in [3.05, 3.63) is 78.0 Å². The Morgan fingerprint density at radius 1 is 1.12 bits per heavy atom. The predicted molar refractivity (Wildman–Crippen MR) is 90.8 cm³/mol. The van der Waals surface area contributed by atoms with E-state index in [4.69, 9.17) is 10.5 Å². The summed E-state index contributed by atoms with van der Waals surface area (Å²) in [5, 5.41) is 3.16. The van der Waals surface area contributed by atoms with Crippen molar-refractivity contribution < 1.29 is 13.9 Å². The number of nitrogens with zero attached hydrogens (tertiary/aromatic N) is 2. The normalized spacial score (nSPS) is 10.3. The quantitative estimate of drug-likeness (QED) is 0.721. The van der Waals surface area contributed by atoms with E-state index in [0.717, 1.165) is 11.3 Å². The second-order valence-electron chi connectivity index (χ2n) is 5.21. The number of aromatic nitrogens is 2. The van der Waals surface area contributed by atoms with E-state index in [1.807, 2.05) is 6.07 Å². The Hall–Kier alpha value is -3.48. The van der Waals surface area contributed by atoms with Gasteiger partial charge in [0, 0.05) is 30.7 Å². The van der Waals surface area contributed by atoms with Crippen LogP contribution in [0.15, 0.2) is 60.9 Å². The molecular weight excluding hydrogens is 323 g/mol. The number of nitrogens with two attached hydrogens (primary N) is 1. The van der Waals surface area contributed by atoms with E-state index in [2.05, 4.69) is 15.3 Å². The summed E-state index contributed by atoms with van der Waals surface area (Å²) in [6.07, 6.45) is 3.18. The highest BCUT2D eigenvalue weighted by Gasteiger charge is 2.04. The van der Waals surface area contributed by atoms with E-state index in [-0.39, 0.29) is 11.5 Å². The van der Waals surface area contributed by atoms with Gasteiger partial charge in [0.25, 0.3) is 5.91 Å². The Morgan fingerprint density at radius 3 is 2.60 bits per heavy atom. The van der Waals surface area contributed by atoms with Crippen molar-refractivity contribution in [2.75, 3.05) is 5.32 Å². The maximum absolute atomic E-state index is 12.9. The highest BCUT2D eigenvalue weighted by Crippen LogP contribution is 2.20. The topological polar surface area (TPSA) is 90.1 Å². The third-order valence-corrected chi connectivity index (χ3v) is 3.34. The summed E-state index contributed by atoms with van der Waals surface area (Å²) in [5.74, 6) is 0.0239. The zero-order valence-electron chi connectivity index (χ0n) is 13.1. The van der Waals surface area contributed by atoms with E-state index in [9.17, 15) is 9.18 Å². The maximum atomic E-state index is 12.9. The molecule has 0 aliphatic rings. The molecule has 126 valence electrons. The highest BCUT2D eigenvalue weighted by atomic mass is 19.1. The fourth-order valence-corrected chi connectivity index (χ4v) is 2.08. The van der Waals surface area contributed by atoms with Crippen LogP contribution in [0.5, 0.6) is 11.6 Å². The Morgan fingerprint density at radius 2 is 1.92 bits per heavy atom. The number of pyridine rings is 2. The van der Waals surface area contributed by atoms with Gasteiger partial charge in [-0.2, -0.15) is 0 Å². The largest absolute Gasteiger partial charge is 0.439 e. The summed E-state index contributed by atoms with van der Waals surface area (Å²) in [7, 11) is 0. The Kier molecular flexibility index (Phi) is 4.84. The third-order valence-electron chi connectivity index (χ3n) is 3.34. The van der Waals surface area contributed by atoms with Gasteiger partial charge < -0.3 is 15.8 Å². The standard InChI is InChI=1S/C18H15FN4O2/c19-13-2-4-15(5-3-13)25-17-6-1-12(11-23-17)10-22-14-7-8-21-16(9-14)18(20)24/h1-9,11H,10H2,(H2,20,24)(H,21,22). The van der Waals surface area contributed by atoms with Crippen molar-refractivity contribution in [3.63, 3.8) is 0 Å². The van der Waals surface area contributed by atoms with Gasteiger partial charge in [0.2, 0.25) is 5.88 Å². The van der Waals surface area contributed by atoms with E-state index in [1.54, 1.807) is 24.4 Å². The summed E-state index contributed by atoms with van der Waals surface area (Å²) in [6, 6.07) is 12.6. The van der Waals surface area contributed by atoms with Gasteiger partial charge in [-0.25, -0.2) is 9.37 Å². The van der Waals surface area contributed by atoms with Crippen LogP contribution in [-0.4, -0.2) is 15.9 Å². The van der Waals surface area contributed by atoms with Crippen molar-refractivity contribution in [1.29, 1.82) is 0 Å². The van der Waals surface area contributed by atoms with Crippen LogP contribution < -0.4 is 15.8 Å². The number of hydrogen-bond acceptors (Lipinski definition) is 5. The summed E-state index contributed by atoms with van der Waals surface area (Å²) in [4.78, 5) is 19.2. The van der Waals surface area contributed by atoms with Crippen LogP contribution in [-0.2, 0) is 6.54 Å². The molecule has 3 N–H and O–H groups in total.